The van der Waals surface area contributed by atoms with Gasteiger partial charge in [-0.25, -0.2) is 4.98 Å². The molecule has 4 aromatic carbocycles. The fourth-order valence-electron chi connectivity index (χ4n) is 7.78. The molecule has 9 N–H and O–H groups in total. The van der Waals surface area contributed by atoms with E-state index in [9.17, 15) is 38.9 Å². The van der Waals surface area contributed by atoms with Crippen molar-refractivity contribution in [1.29, 1.82) is 0 Å². The lowest BCUT2D eigenvalue weighted by atomic mass is 10.0. The van der Waals surface area contributed by atoms with Crippen LogP contribution in [0.2, 0.25) is 15.6 Å². The van der Waals surface area contributed by atoms with Crippen LogP contribution in [0, 0.1) is 13.8 Å². The Morgan fingerprint density at radius 1 is 0.653 bits per heavy atom. The molecule has 390 valence electrons. The molecule has 2 aliphatic heterocycles. The lowest BCUT2D eigenvalue weighted by Crippen LogP contribution is -2.20. The van der Waals surface area contributed by atoms with E-state index >= 15 is 0 Å². The highest BCUT2D eigenvalue weighted by Crippen LogP contribution is 2.54. The molecule has 0 radical (unpaired) electrons. The Balaban J connectivity index is 0.966. The number of benzene rings is 5. The van der Waals surface area contributed by atoms with Crippen molar-refractivity contribution >= 4 is 128 Å². The monoisotopic (exact) mass is 1140 g/mol. The summed E-state index contributed by atoms with van der Waals surface area (Å²) in [4.78, 5) is 32.0. The molecule has 9 rings (SSSR count). The zero-order valence-electron chi connectivity index (χ0n) is 38.9. The number of ether oxygens (including phenoxy) is 1. The second kappa shape index (κ2) is 20.8. The van der Waals surface area contributed by atoms with Gasteiger partial charge in [-0.3, -0.25) is 18.7 Å². The second-order valence-electron chi connectivity index (χ2n) is 16.2. The minimum Gasteiger partial charge on any atom is -0.451 e. The van der Waals surface area contributed by atoms with E-state index in [1.54, 1.807) is 19.9 Å². The van der Waals surface area contributed by atoms with Crippen LogP contribution in [-0.2, 0) is 36.8 Å². The maximum absolute atomic E-state index is 13.1. The Morgan fingerprint density at radius 2 is 1.28 bits per heavy atom. The largest absolute Gasteiger partial charge is 0.451 e. The maximum atomic E-state index is 13.1. The number of halogens is 3. The van der Waals surface area contributed by atoms with Crippen molar-refractivity contribution in [2.24, 2.45) is 4.99 Å². The van der Waals surface area contributed by atoms with Crippen LogP contribution in [0.3, 0.4) is 0 Å². The van der Waals surface area contributed by atoms with Crippen molar-refractivity contribution in [3.8, 4) is 23.0 Å². The van der Waals surface area contributed by atoms with Gasteiger partial charge in [0.1, 0.15) is 26.8 Å². The Morgan fingerprint density at radius 3 is 1.93 bits per heavy atom. The Bertz CT molecular complexity index is 4010. The number of aromatic nitrogens is 7. The number of anilines is 9. The van der Waals surface area contributed by atoms with Crippen LogP contribution in [0.1, 0.15) is 23.6 Å². The fourth-order valence-corrected chi connectivity index (χ4v) is 10.7. The number of para-hydroxylation sites is 1. The molecule has 31 heteroatoms. The van der Waals surface area contributed by atoms with Gasteiger partial charge in [-0.15, -0.1) is 0 Å². The van der Waals surface area contributed by atoms with Gasteiger partial charge in [0, 0.05) is 30.9 Å². The van der Waals surface area contributed by atoms with Gasteiger partial charge in [0.15, 0.2) is 32.6 Å². The molecule has 2 aromatic heterocycles. The summed E-state index contributed by atoms with van der Waals surface area (Å²) in [5.74, 6) is -0.589. The molecule has 25 nitrogen and oxygen atoms in total. The van der Waals surface area contributed by atoms with E-state index in [0.717, 1.165) is 11.3 Å². The van der Waals surface area contributed by atoms with E-state index in [0.29, 0.717) is 11.1 Å². The predicted molar refractivity (Wildman–Crippen MR) is 279 cm³/mol. The van der Waals surface area contributed by atoms with Crippen molar-refractivity contribution in [2.75, 3.05) is 58.1 Å². The maximum Gasteiger partial charge on any atom is 0.300 e. The van der Waals surface area contributed by atoms with Crippen molar-refractivity contribution in [1.82, 2.24) is 34.9 Å². The van der Waals surface area contributed by atoms with Crippen LogP contribution in [-0.4, -0.2) is 100.0 Å². The van der Waals surface area contributed by atoms with Crippen LogP contribution in [0.4, 0.5) is 52.2 Å². The van der Waals surface area contributed by atoms with E-state index in [1.165, 1.54) is 36.4 Å². The standard InChI is InChI=1S/C44H39Cl3N14O11S3/c1-4-22-31-36(72-35-25(52-31)11-13-28(38(35)75(68,69)70)49-16-18-51-42-57-40(47)59-44(61-42)55-24-10-9-20(2)19-29(24)73(62,63)64)30(45)32-33(22)71-34-26(53-32)12-14-27(37(34)74(65,66)67)48-15-17-50-41-56-39(46)58-43(60-41)54-23-8-6-5-7-21(23)3/h5-14,19,48,53H,4,15-18H2,1-3H3,(H,62,63,64)(H,65,66,67)(H,68,69,70)(H2,50,54,56,58,60)(H2,51,55,57,59,61). The fraction of sp³-hybridized carbons (Fsp3) is 0.182. The van der Waals surface area contributed by atoms with Gasteiger partial charge in [-0.1, -0.05) is 42.8 Å². The summed E-state index contributed by atoms with van der Waals surface area (Å²) in [6.45, 7) is 5.33. The van der Waals surface area contributed by atoms with Gasteiger partial charge in [-0.05, 0) is 97.1 Å². The summed E-state index contributed by atoms with van der Waals surface area (Å²) in [5, 5.41) is 17.0. The van der Waals surface area contributed by atoms with E-state index in [1.807, 2.05) is 31.2 Å². The Hall–Kier alpha value is -7.28. The third-order valence-electron chi connectivity index (χ3n) is 11.0. The predicted octanol–water partition coefficient (Wildman–Crippen LogP) is 8.06. The van der Waals surface area contributed by atoms with Crippen LogP contribution in [0.15, 0.2) is 90.8 Å². The average Bonchev–Trinajstić information content (AvgIpc) is 3.35. The van der Waals surface area contributed by atoms with Crippen LogP contribution in [0.25, 0.3) is 22.6 Å². The summed E-state index contributed by atoms with van der Waals surface area (Å²) in [6.07, 6.45) is 0.183. The van der Waals surface area contributed by atoms with Crippen LogP contribution < -0.4 is 42.0 Å². The topological polar surface area (TPSA) is 360 Å². The van der Waals surface area contributed by atoms with Gasteiger partial charge in [-0.2, -0.15) is 55.2 Å². The molecule has 0 spiro atoms. The molecule has 3 aliphatic rings. The summed E-state index contributed by atoms with van der Waals surface area (Å²) in [6, 6.07) is 17.3. The Labute approximate surface area is 441 Å². The third-order valence-corrected chi connectivity index (χ3v) is 14.5. The molecular weight excluding hydrogens is 1100 g/mol. The average molecular weight is 1140 g/mol. The summed E-state index contributed by atoms with van der Waals surface area (Å²) < 4.78 is 120. The molecule has 0 saturated carbocycles. The molecule has 0 atom stereocenters. The molecule has 1 aliphatic carbocycles. The van der Waals surface area contributed by atoms with E-state index < -0.39 is 50.8 Å². The number of nitrogens with zero attached hydrogens (tertiary/aromatic N) is 8. The minimum atomic E-state index is -5.08. The third kappa shape index (κ3) is 11.4. The number of aryl methyl sites for hydroxylation is 3. The van der Waals surface area contributed by atoms with E-state index in [2.05, 4.69) is 71.8 Å². The van der Waals surface area contributed by atoms with Crippen molar-refractivity contribution < 1.29 is 48.1 Å². The van der Waals surface area contributed by atoms with E-state index in [-0.39, 0.29) is 128 Å². The highest BCUT2D eigenvalue weighted by molar-refractivity contribution is 7.86. The van der Waals surface area contributed by atoms with Crippen molar-refractivity contribution in [3.05, 3.63) is 104 Å². The highest BCUT2D eigenvalue weighted by atomic mass is 35.5. The summed E-state index contributed by atoms with van der Waals surface area (Å²) >= 11 is 19.3. The first-order valence-electron chi connectivity index (χ1n) is 22.0. The highest BCUT2D eigenvalue weighted by Gasteiger charge is 2.35. The van der Waals surface area contributed by atoms with Gasteiger partial charge >= 0.3 is 10.1 Å². The van der Waals surface area contributed by atoms with Gasteiger partial charge < -0.3 is 41.1 Å². The SMILES string of the molecule is CCc1c2c(c(Cl)c3oc4c(S(=O)(=O)O)c(=NCCNc5nc(Cl)nc(Nc6ccc(C)cc6S(=O)(=O)O)n5)ccc-4nc13)Nc1ccc(NCCNc3nc(Cl)nc(Nc4ccccc4C)n3)c(S(=O)(=O)O)c1O2. The minimum absolute atomic E-state index is 0.0211. The molecule has 0 saturated heterocycles. The van der Waals surface area contributed by atoms with Gasteiger partial charge in [0.25, 0.3) is 20.2 Å². The molecule has 0 fully saturated rings. The normalized spacial score (nSPS) is 12.7. The Kier molecular flexibility index (Phi) is 14.6. The molecule has 0 unspecified atom stereocenters. The number of nitrogens with one attached hydrogen (secondary N) is 6. The number of hydrogen-bond acceptors (Lipinski definition) is 22. The van der Waals surface area contributed by atoms with Gasteiger partial charge in [0.2, 0.25) is 34.4 Å². The van der Waals surface area contributed by atoms with Crippen LogP contribution in [0.5, 0.6) is 11.5 Å². The molecule has 0 bridgehead atoms. The zero-order chi connectivity index (χ0) is 53.6. The zero-order valence-corrected chi connectivity index (χ0v) is 43.6. The molecule has 75 heavy (non-hydrogen) atoms. The first kappa shape index (κ1) is 52.6. The summed E-state index contributed by atoms with van der Waals surface area (Å²) in [7, 11) is -14.7. The molecule has 6 aromatic rings. The number of rotatable bonds is 17. The quantitative estimate of drug-likeness (QED) is 0.0236. The second-order valence-corrected chi connectivity index (χ2v) is 21.4. The van der Waals surface area contributed by atoms with Crippen molar-refractivity contribution in [2.45, 2.75) is 41.9 Å². The number of fused-ring (bicyclic) bond motifs is 4. The van der Waals surface area contributed by atoms with E-state index in [4.69, 9.17) is 44.0 Å². The van der Waals surface area contributed by atoms with Crippen LogP contribution >= 0.6 is 34.8 Å². The smallest absolute Gasteiger partial charge is 0.300 e. The van der Waals surface area contributed by atoms with Crippen molar-refractivity contribution in [3.63, 3.8) is 0 Å². The van der Waals surface area contributed by atoms with Gasteiger partial charge in [0.05, 0.1) is 29.0 Å². The summed E-state index contributed by atoms with van der Waals surface area (Å²) in [5.41, 5.74) is 2.62. The first-order valence-corrected chi connectivity index (χ1v) is 27.4. The lowest BCUT2D eigenvalue weighted by Gasteiger charge is -2.28. The first-order chi connectivity index (χ1) is 35.5. The molecular formula is C44H39Cl3N14O11S3. The molecule has 4 heterocycles. The lowest BCUT2D eigenvalue weighted by molar-refractivity contribution is 0.446. The number of hydrogen-bond donors (Lipinski definition) is 9. The molecule has 0 amide bonds.